The minimum absolute atomic E-state index is 0.0235. The Kier molecular flexibility index (Phi) is 5.90. The van der Waals surface area contributed by atoms with E-state index in [0.717, 1.165) is 27.6 Å². The van der Waals surface area contributed by atoms with E-state index in [-0.39, 0.29) is 27.8 Å². The predicted octanol–water partition coefficient (Wildman–Crippen LogP) is 4.61. The molecule has 0 fully saturated rings. The van der Waals surface area contributed by atoms with E-state index in [0.29, 0.717) is 10.6 Å². The van der Waals surface area contributed by atoms with Crippen LogP contribution < -0.4 is 4.90 Å². The lowest BCUT2D eigenvalue weighted by molar-refractivity contribution is -0.117. The number of esters is 1. The van der Waals surface area contributed by atoms with Crippen LogP contribution in [-0.4, -0.2) is 34.4 Å². The first-order chi connectivity index (χ1) is 15.3. The van der Waals surface area contributed by atoms with Crippen LogP contribution in [0.1, 0.15) is 43.6 Å². The van der Waals surface area contributed by atoms with Crippen LogP contribution in [0.2, 0.25) is 0 Å². The first-order valence-electron chi connectivity index (χ1n) is 9.59. The Morgan fingerprint density at radius 2 is 2.00 bits per heavy atom. The number of ketones is 1. The molecule has 0 saturated heterocycles. The van der Waals surface area contributed by atoms with Gasteiger partial charge in [0.1, 0.15) is 16.7 Å². The highest BCUT2D eigenvalue weighted by atomic mass is 32.1. The van der Waals surface area contributed by atoms with Crippen molar-refractivity contribution in [2.45, 2.75) is 19.9 Å². The fraction of sp³-hybridized carbons (Fsp3) is 0.182. The molecule has 0 aliphatic carbocycles. The number of carbonyl (C=O) groups excluding carboxylic acids is 3. The molecule has 1 aliphatic rings. The van der Waals surface area contributed by atoms with Gasteiger partial charge in [-0.3, -0.25) is 14.5 Å². The second kappa shape index (κ2) is 8.64. The van der Waals surface area contributed by atoms with Gasteiger partial charge in [0.05, 0.1) is 22.8 Å². The number of carbonyl (C=O) groups is 3. The maximum Gasteiger partial charge on any atom is 0.350 e. The van der Waals surface area contributed by atoms with Gasteiger partial charge < -0.3 is 9.84 Å². The van der Waals surface area contributed by atoms with Crippen molar-refractivity contribution >= 4 is 45.5 Å². The fourth-order valence-corrected chi connectivity index (χ4v) is 5.10. The number of aromatic nitrogens is 1. The van der Waals surface area contributed by atoms with E-state index < -0.39 is 35.3 Å². The second-order valence-corrected chi connectivity index (χ2v) is 8.72. The number of thiazole rings is 1. The highest BCUT2D eigenvalue weighted by molar-refractivity contribution is 7.17. The summed E-state index contributed by atoms with van der Waals surface area (Å²) < 4.78 is 19.9. The monoisotopic (exact) mass is 472 g/mol. The molecule has 164 valence electrons. The Balaban J connectivity index is 1.87. The standard InChI is InChI=1S/C22H17FN2O5S2/c1-3-30-21(29)19-11(2)24-22(32-19)25-16(12-7-4-5-8-13(12)23)15(18(27)20(25)28)17(26)14-9-6-10-31-14/h4-10,16,27H,3H2,1-2H3. The number of aliphatic hydroxyl groups is 1. The number of nitrogens with zero attached hydrogens (tertiary/aromatic N) is 2. The zero-order valence-electron chi connectivity index (χ0n) is 17.0. The summed E-state index contributed by atoms with van der Waals surface area (Å²) in [5, 5.41) is 12.4. The van der Waals surface area contributed by atoms with Crippen molar-refractivity contribution in [3.8, 4) is 0 Å². The molecule has 1 amide bonds. The molecule has 0 bridgehead atoms. The highest BCUT2D eigenvalue weighted by Gasteiger charge is 2.47. The molecule has 1 unspecified atom stereocenters. The van der Waals surface area contributed by atoms with Gasteiger partial charge in [0.25, 0.3) is 5.91 Å². The fourth-order valence-electron chi connectivity index (χ4n) is 3.44. The van der Waals surface area contributed by atoms with E-state index in [2.05, 4.69) is 4.98 Å². The lowest BCUT2D eigenvalue weighted by Crippen LogP contribution is -2.31. The van der Waals surface area contributed by atoms with E-state index in [9.17, 15) is 23.9 Å². The second-order valence-electron chi connectivity index (χ2n) is 6.80. The average molecular weight is 473 g/mol. The van der Waals surface area contributed by atoms with E-state index in [4.69, 9.17) is 4.74 Å². The summed E-state index contributed by atoms with van der Waals surface area (Å²) in [6.07, 6.45) is 0. The number of hydrogen-bond donors (Lipinski definition) is 1. The van der Waals surface area contributed by atoms with Gasteiger partial charge in [0, 0.05) is 5.56 Å². The quantitative estimate of drug-likeness (QED) is 0.416. The predicted molar refractivity (Wildman–Crippen MR) is 118 cm³/mol. The van der Waals surface area contributed by atoms with Crippen LogP contribution in [0.15, 0.2) is 53.1 Å². The van der Waals surface area contributed by atoms with Crippen molar-refractivity contribution in [2.75, 3.05) is 11.5 Å². The third-order valence-corrected chi connectivity index (χ3v) is 6.86. The molecule has 2 aromatic heterocycles. The number of rotatable bonds is 6. The summed E-state index contributed by atoms with van der Waals surface area (Å²) >= 11 is 2.02. The normalized spacial score (nSPS) is 16.0. The molecular weight excluding hydrogens is 455 g/mol. The molecule has 3 heterocycles. The average Bonchev–Trinajstić information content (AvgIpc) is 3.48. The van der Waals surface area contributed by atoms with Crippen LogP contribution in [0.5, 0.6) is 0 Å². The molecule has 1 N–H and O–H groups in total. The summed E-state index contributed by atoms with van der Waals surface area (Å²) in [5.74, 6) is -3.51. The van der Waals surface area contributed by atoms with Gasteiger partial charge in [-0.1, -0.05) is 35.6 Å². The van der Waals surface area contributed by atoms with Crippen LogP contribution in [0.3, 0.4) is 0 Å². The summed E-state index contributed by atoms with van der Waals surface area (Å²) in [5.41, 5.74) is 0.101. The zero-order chi connectivity index (χ0) is 23.0. The van der Waals surface area contributed by atoms with Crippen LogP contribution >= 0.6 is 22.7 Å². The number of aryl methyl sites for hydroxylation is 1. The van der Waals surface area contributed by atoms with Crippen molar-refractivity contribution in [1.29, 1.82) is 0 Å². The van der Waals surface area contributed by atoms with Gasteiger partial charge in [-0.05, 0) is 31.4 Å². The molecule has 7 nitrogen and oxygen atoms in total. The first-order valence-corrected chi connectivity index (χ1v) is 11.3. The maximum absolute atomic E-state index is 14.8. The molecule has 0 saturated carbocycles. The van der Waals surface area contributed by atoms with Gasteiger partial charge in [-0.2, -0.15) is 0 Å². The van der Waals surface area contributed by atoms with Crippen molar-refractivity contribution < 1.29 is 28.6 Å². The number of benzene rings is 1. The van der Waals surface area contributed by atoms with E-state index >= 15 is 0 Å². The lowest BCUT2D eigenvalue weighted by atomic mass is 9.95. The molecule has 1 aromatic carbocycles. The summed E-state index contributed by atoms with van der Waals surface area (Å²) in [6.45, 7) is 3.40. The highest BCUT2D eigenvalue weighted by Crippen LogP contribution is 2.44. The molecule has 0 spiro atoms. The maximum atomic E-state index is 14.8. The number of amides is 1. The van der Waals surface area contributed by atoms with E-state index in [1.165, 1.54) is 18.2 Å². The minimum atomic E-state index is -1.25. The van der Waals surface area contributed by atoms with Gasteiger partial charge in [0.15, 0.2) is 10.9 Å². The SMILES string of the molecule is CCOC(=O)c1sc(N2C(=O)C(O)=C(C(=O)c3cccs3)C2c2ccccc2F)nc1C. The summed E-state index contributed by atoms with van der Waals surface area (Å²) in [6, 6.07) is 7.67. The van der Waals surface area contributed by atoms with Crippen molar-refractivity contribution in [2.24, 2.45) is 0 Å². The Hall–Kier alpha value is -3.37. The number of thiophene rings is 1. The lowest BCUT2D eigenvalue weighted by Gasteiger charge is -2.24. The number of anilines is 1. The number of halogens is 1. The van der Waals surface area contributed by atoms with E-state index in [1.54, 1.807) is 37.4 Å². The largest absolute Gasteiger partial charge is 0.503 e. The first kappa shape index (κ1) is 21.8. The Bertz CT molecular complexity index is 1250. The number of ether oxygens (including phenoxy) is 1. The topological polar surface area (TPSA) is 96.8 Å². The Morgan fingerprint density at radius 1 is 1.25 bits per heavy atom. The van der Waals surface area contributed by atoms with Gasteiger partial charge in [0.2, 0.25) is 5.78 Å². The van der Waals surface area contributed by atoms with Gasteiger partial charge in [-0.15, -0.1) is 11.3 Å². The Morgan fingerprint density at radius 3 is 2.66 bits per heavy atom. The molecule has 10 heteroatoms. The molecule has 3 aromatic rings. The third kappa shape index (κ3) is 3.61. The summed E-state index contributed by atoms with van der Waals surface area (Å²) in [4.78, 5) is 44.4. The number of hydrogen-bond acceptors (Lipinski definition) is 8. The van der Waals surface area contributed by atoms with Gasteiger partial charge >= 0.3 is 5.97 Å². The molecular formula is C22H17FN2O5S2. The van der Waals surface area contributed by atoms with Crippen LogP contribution in [-0.2, 0) is 9.53 Å². The van der Waals surface area contributed by atoms with Crippen molar-refractivity contribution in [3.05, 3.63) is 79.9 Å². The number of Topliss-reactive ketones (excluding diaryl/α,β-unsaturated/α-hetero) is 1. The Labute approximate surface area is 190 Å². The van der Waals surface area contributed by atoms with Crippen LogP contribution in [0.4, 0.5) is 9.52 Å². The number of aliphatic hydroxyl groups excluding tert-OH is 1. The minimum Gasteiger partial charge on any atom is -0.503 e. The summed E-state index contributed by atoms with van der Waals surface area (Å²) in [7, 11) is 0. The van der Waals surface area contributed by atoms with Crippen LogP contribution in [0.25, 0.3) is 0 Å². The third-order valence-electron chi connectivity index (χ3n) is 4.85. The van der Waals surface area contributed by atoms with Gasteiger partial charge in [-0.25, -0.2) is 14.2 Å². The van der Waals surface area contributed by atoms with E-state index in [1.807, 2.05) is 0 Å². The molecule has 32 heavy (non-hydrogen) atoms. The van der Waals surface area contributed by atoms with Crippen molar-refractivity contribution in [1.82, 2.24) is 4.98 Å². The van der Waals surface area contributed by atoms with Crippen LogP contribution in [0, 0.1) is 12.7 Å². The molecule has 0 radical (unpaired) electrons. The molecule has 1 atom stereocenters. The smallest absolute Gasteiger partial charge is 0.350 e. The zero-order valence-corrected chi connectivity index (χ0v) is 18.6. The molecule has 4 rings (SSSR count). The molecule has 1 aliphatic heterocycles. The van der Waals surface area contributed by atoms with Crippen molar-refractivity contribution in [3.63, 3.8) is 0 Å².